The number of aromatic nitrogens is 3. The molecule has 0 spiro atoms. The smallest absolute Gasteiger partial charge is 0.367 e. The summed E-state index contributed by atoms with van der Waals surface area (Å²) in [6.07, 6.45) is -1.39. The van der Waals surface area contributed by atoms with E-state index in [1.807, 2.05) is 13.0 Å². The molecule has 1 aromatic carbocycles. The first kappa shape index (κ1) is 32.3. The highest BCUT2D eigenvalue weighted by molar-refractivity contribution is 7.18. The number of aryl methyl sites for hydroxylation is 2. The predicted molar refractivity (Wildman–Crippen MR) is 175 cm³/mol. The van der Waals surface area contributed by atoms with Crippen LogP contribution in [0.1, 0.15) is 67.1 Å². The number of piperidine rings is 2. The minimum absolute atomic E-state index is 0.119. The Labute approximate surface area is 271 Å². The van der Waals surface area contributed by atoms with Gasteiger partial charge < -0.3 is 15.2 Å². The van der Waals surface area contributed by atoms with Gasteiger partial charge in [0.05, 0.1) is 11.8 Å². The summed E-state index contributed by atoms with van der Waals surface area (Å²) in [5, 5.41) is 18.3. The van der Waals surface area contributed by atoms with Crippen LogP contribution in [0.4, 0.5) is 19.0 Å². The van der Waals surface area contributed by atoms with E-state index in [0.29, 0.717) is 58.8 Å². The van der Waals surface area contributed by atoms with Gasteiger partial charge in [-0.2, -0.15) is 18.4 Å². The van der Waals surface area contributed by atoms with E-state index < -0.39 is 12.6 Å². The van der Waals surface area contributed by atoms with Gasteiger partial charge in [-0.3, -0.25) is 9.69 Å². The number of hydrogen-bond donors (Lipinski definition) is 2. The highest BCUT2D eigenvalue weighted by atomic mass is 32.1. The number of likely N-dealkylation sites (tertiary alicyclic amines) is 1. The van der Waals surface area contributed by atoms with E-state index in [-0.39, 0.29) is 16.8 Å². The molecule has 6 rings (SSSR count). The lowest BCUT2D eigenvalue weighted by atomic mass is 9.87. The average molecular weight is 652 g/mol. The fraction of sp³-hybridized carbons (Fsp3) is 0.529. The second kappa shape index (κ2) is 13.2. The average Bonchev–Trinajstić information content (AvgIpc) is 3.59. The van der Waals surface area contributed by atoms with Crippen molar-refractivity contribution in [1.82, 2.24) is 24.8 Å². The zero-order chi connectivity index (χ0) is 32.6. The number of nitrogens with one attached hydrogen (secondary N) is 2. The molecule has 5 heterocycles. The molecule has 2 N–H and O–H groups in total. The molecule has 2 fully saturated rings. The fourth-order valence-electron chi connectivity index (χ4n) is 6.89. The van der Waals surface area contributed by atoms with Gasteiger partial charge >= 0.3 is 6.18 Å². The number of halogens is 3. The summed E-state index contributed by atoms with van der Waals surface area (Å²) < 4.78 is 41.3. The summed E-state index contributed by atoms with van der Waals surface area (Å²) in [4.78, 5) is 24.1. The van der Waals surface area contributed by atoms with Crippen molar-refractivity contribution in [3.8, 4) is 6.07 Å². The SMILES string of the molecule is CCc1nc(NC2CCN(Cc3ccc4c(cc(C#N)n4C[C@H](C)C4CCC(=O)NC4)c3C)CC2)c2cc(CC(F)(F)F)sc2n1. The van der Waals surface area contributed by atoms with Crippen LogP contribution in [-0.2, 0) is 30.7 Å². The Bertz CT molecular complexity index is 1770. The lowest BCUT2D eigenvalue weighted by molar-refractivity contribution is -0.126. The molecular weight excluding hydrogens is 611 g/mol. The van der Waals surface area contributed by atoms with E-state index in [9.17, 15) is 23.2 Å². The highest BCUT2D eigenvalue weighted by Crippen LogP contribution is 2.34. The largest absolute Gasteiger partial charge is 0.393 e. The van der Waals surface area contributed by atoms with Crippen LogP contribution in [0, 0.1) is 30.1 Å². The summed E-state index contributed by atoms with van der Waals surface area (Å²) in [5.74, 6) is 2.10. The predicted octanol–water partition coefficient (Wildman–Crippen LogP) is 6.73. The molecule has 12 heteroatoms. The van der Waals surface area contributed by atoms with Crippen molar-refractivity contribution in [3.63, 3.8) is 0 Å². The van der Waals surface area contributed by atoms with Crippen LogP contribution in [0.5, 0.6) is 0 Å². The topological polar surface area (TPSA) is 98.9 Å². The van der Waals surface area contributed by atoms with Crippen molar-refractivity contribution < 1.29 is 18.0 Å². The molecule has 244 valence electrons. The first-order valence-corrected chi connectivity index (χ1v) is 17.0. The number of anilines is 1. The monoisotopic (exact) mass is 651 g/mol. The molecular formula is C34H40F3N7OS. The number of fused-ring (bicyclic) bond motifs is 2. The first-order chi connectivity index (χ1) is 22.0. The number of benzene rings is 1. The van der Waals surface area contributed by atoms with Crippen LogP contribution >= 0.6 is 11.3 Å². The van der Waals surface area contributed by atoms with Gasteiger partial charge in [-0.1, -0.05) is 19.9 Å². The molecule has 4 aromatic rings. The van der Waals surface area contributed by atoms with E-state index in [1.165, 1.54) is 11.1 Å². The van der Waals surface area contributed by atoms with E-state index in [4.69, 9.17) is 0 Å². The number of carbonyl (C=O) groups is 1. The van der Waals surface area contributed by atoms with Crippen molar-refractivity contribution in [2.45, 2.75) is 84.6 Å². The number of nitriles is 1. The number of carbonyl (C=O) groups excluding carboxylic acids is 1. The summed E-state index contributed by atoms with van der Waals surface area (Å²) in [5.41, 5.74) is 4.16. The molecule has 0 aliphatic carbocycles. The van der Waals surface area contributed by atoms with Crippen LogP contribution in [0.15, 0.2) is 24.3 Å². The summed E-state index contributed by atoms with van der Waals surface area (Å²) in [6, 6.07) is 10.5. The summed E-state index contributed by atoms with van der Waals surface area (Å²) in [6.45, 7) is 10.3. The minimum atomic E-state index is -4.26. The van der Waals surface area contributed by atoms with Gasteiger partial charge in [-0.25, -0.2) is 9.97 Å². The van der Waals surface area contributed by atoms with Crippen LogP contribution < -0.4 is 10.6 Å². The van der Waals surface area contributed by atoms with Gasteiger partial charge in [0.2, 0.25) is 5.91 Å². The van der Waals surface area contributed by atoms with Crippen LogP contribution in [0.25, 0.3) is 21.1 Å². The molecule has 0 bridgehead atoms. The normalized spacial score (nSPS) is 19.0. The van der Waals surface area contributed by atoms with Crippen LogP contribution in [-0.4, -0.2) is 57.2 Å². The first-order valence-electron chi connectivity index (χ1n) is 16.1. The van der Waals surface area contributed by atoms with Gasteiger partial charge in [0.1, 0.15) is 28.2 Å². The second-order valence-corrected chi connectivity index (χ2v) is 14.0. The van der Waals surface area contributed by atoms with Gasteiger partial charge in [-0.05, 0) is 67.3 Å². The molecule has 3 aromatic heterocycles. The van der Waals surface area contributed by atoms with Gasteiger partial charge in [0, 0.05) is 67.4 Å². The van der Waals surface area contributed by atoms with Crippen molar-refractivity contribution in [1.29, 1.82) is 5.26 Å². The minimum Gasteiger partial charge on any atom is -0.367 e. The van der Waals surface area contributed by atoms with E-state index in [0.717, 1.165) is 67.7 Å². The van der Waals surface area contributed by atoms with E-state index >= 15 is 0 Å². The quantitative estimate of drug-likeness (QED) is 0.208. The van der Waals surface area contributed by atoms with Crippen molar-refractivity contribution in [2.24, 2.45) is 11.8 Å². The fourth-order valence-corrected chi connectivity index (χ4v) is 7.97. The number of thiophene rings is 1. The zero-order valence-electron chi connectivity index (χ0n) is 26.5. The third-order valence-electron chi connectivity index (χ3n) is 9.66. The standard InChI is InChI=1S/C34H40F3N7OS/c1-4-30-41-32(28-14-26(15-34(35,36)37)46-33(28)42-30)40-24-9-11-43(12-10-24)19-23-5-7-29-27(21(23)3)13-25(16-38)44(29)18-20(2)22-6-8-31(45)39-17-22/h5,7,13-14,20,22,24H,4,6,8-12,15,17-19H2,1-3H3,(H,39,45)(H,40,41,42)/t20-,22?/m0/s1. The van der Waals surface area contributed by atoms with Crippen molar-refractivity contribution >= 4 is 44.2 Å². The lowest BCUT2D eigenvalue weighted by Gasteiger charge is -2.33. The third kappa shape index (κ3) is 7.00. The molecule has 1 amide bonds. The van der Waals surface area contributed by atoms with Crippen molar-refractivity contribution in [3.05, 3.63) is 51.8 Å². The Morgan fingerprint density at radius 2 is 1.96 bits per heavy atom. The van der Waals surface area contributed by atoms with E-state index in [1.54, 1.807) is 6.07 Å². The maximum absolute atomic E-state index is 13.1. The Morgan fingerprint density at radius 3 is 2.63 bits per heavy atom. The molecule has 2 saturated heterocycles. The maximum atomic E-state index is 13.1. The molecule has 2 aliphatic rings. The van der Waals surface area contributed by atoms with Crippen LogP contribution in [0.3, 0.4) is 0 Å². The molecule has 1 unspecified atom stereocenters. The summed E-state index contributed by atoms with van der Waals surface area (Å²) in [7, 11) is 0. The molecule has 8 nitrogen and oxygen atoms in total. The number of nitrogens with zero attached hydrogens (tertiary/aromatic N) is 5. The van der Waals surface area contributed by atoms with E-state index in [2.05, 4.69) is 62.1 Å². The van der Waals surface area contributed by atoms with Gasteiger partial charge in [-0.15, -0.1) is 11.3 Å². The lowest BCUT2D eigenvalue weighted by Crippen LogP contribution is -2.39. The summed E-state index contributed by atoms with van der Waals surface area (Å²) >= 11 is 1.09. The van der Waals surface area contributed by atoms with Crippen molar-refractivity contribution in [2.75, 3.05) is 25.0 Å². The third-order valence-corrected chi connectivity index (χ3v) is 10.7. The second-order valence-electron chi connectivity index (χ2n) is 12.9. The Hall–Kier alpha value is -3.69. The number of alkyl halides is 3. The Kier molecular flexibility index (Phi) is 9.26. The number of rotatable bonds is 9. The van der Waals surface area contributed by atoms with Crippen LogP contribution in [0.2, 0.25) is 0 Å². The number of hydrogen-bond acceptors (Lipinski definition) is 7. The molecule has 0 radical (unpaired) electrons. The highest BCUT2D eigenvalue weighted by Gasteiger charge is 2.30. The van der Waals surface area contributed by atoms with Gasteiger partial charge in [0.15, 0.2) is 0 Å². The van der Waals surface area contributed by atoms with Gasteiger partial charge in [0.25, 0.3) is 0 Å². The maximum Gasteiger partial charge on any atom is 0.393 e. The molecule has 46 heavy (non-hydrogen) atoms. The molecule has 0 saturated carbocycles. The Morgan fingerprint density at radius 1 is 1.17 bits per heavy atom. The molecule has 2 aliphatic heterocycles. The Balaban J connectivity index is 1.11. The molecule has 2 atom stereocenters. The zero-order valence-corrected chi connectivity index (χ0v) is 27.3. The number of amides is 1.